The maximum Gasteiger partial charge on any atom is 0.410 e. The van der Waals surface area contributed by atoms with Gasteiger partial charge in [-0.1, -0.05) is 0 Å². The molecule has 1 unspecified atom stereocenters. The molecule has 2 rings (SSSR count). The fourth-order valence-corrected chi connectivity index (χ4v) is 2.63. The van der Waals surface area contributed by atoms with Gasteiger partial charge >= 0.3 is 6.09 Å². The molecule has 1 N–H and O–H groups in total. The maximum atomic E-state index is 12.1. The molecule has 22 heavy (non-hydrogen) atoms. The molecule has 1 aliphatic rings. The summed E-state index contributed by atoms with van der Waals surface area (Å²) in [4.78, 5) is 30.5. The molecule has 1 aromatic heterocycles. The molecule has 0 spiro atoms. The molecular formula is C16H25N3O3. The lowest BCUT2D eigenvalue weighted by Gasteiger charge is -2.41. The summed E-state index contributed by atoms with van der Waals surface area (Å²) in [5.74, 6) is 0.807. The number of nitrogens with one attached hydrogen (secondary N) is 1. The van der Waals surface area contributed by atoms with Gasteiger partial charge in [0.05, 0.1) is 0 Å². The Kier molecular flexibility index (Phi) is 4.49. The molecule has 1 fully saturated rings. The summed E-state index contributed by atoms with van der Waals surface area (Å²) in [5, 5.41) is 0. The Hall–Kier alpha value is -1.98. The van der Waals surface area contributed by atoms with Crippen LogP contribution in [0.3, 0.4) is 0 Å². The second-order valence-electron chi connectivity index (χ2n) is 6.88. The summed E-state index contributed by atoms with van der Waals surface area (Å²) in [7, 11) is 0. The number of nitrogens with zero attached hydrogens (tertiary/aromatic N) is 2. The third-order valence-corrected chi connectivity index (χ3v) is 3.56. The zero-order valence-corrected chi connectivity index (χ0v) is 14.0. The first kappa shape index (κ1) is 16.4. The first-order chi connectivity index (χ1) is 10.2. The van der Waals surface area contributed by atoms with Crippen molar-refractivity contribution in [3.8, 4) is 0 Å². The molecule has 6 nitrogen and oxygen atoms in total. The lowest BCUT2D eigenvalue weighted by Crippen LogP contribution is -2.55. The first-order valence-corrected chi connectivity index (χ1v) is 7.61. The van der Waals surface area contributed by atoms with E-state index in [1.807, 2.05) is 40.7 Å². The van der Waals surface area contributed by atoms with Crippen LogP contribution in [0.15, 0.2) is 16.9 Å². The van der Waals surface area contributed by atoms with Crippen molar-refractivity contribution >= 4 is 11.9 Å². The zero-order valence-electron chi connectivity index (χ0n) is 14.0. The highest BCUT2D eigenvalue weighted by atomic mass is 16.6. The van der Waals surface area contributed by atoms with E-state index in [2.05, 4.69) is 9.88 Å². The number of hydrogen-bond donors (Lipinski definition) is 1. The van der Waals surface area contributed by atoms with E-state index in [4.69, 9.17) is 4.74 Å². The van der Waals surface area contributed by atoms with Gasteiger partial charge in [-0.15, -0.1) is 0 Å². The average Bonchev–Trinajstić information content (AvgIpc) is 2.35. The van der Waals surface area contributed by atoms with E-state index in [0.29, 0.717) is 19.6 Å². The summed E-state index contributed by atoms with van der Waals surface area (Å²) in [6, 6.07) is 3.64. The highest BCUT2D eigenvalue weighted by Gasteiger charge is 2.30. The third-order valence-electron chi connectivity index (χ3n) is 3.56. The molecule has 1 saturated heterocycles. The first-order valence-electron chi connectivity index (χ1n) is 7.61. The van der Waals surface area contributed by atoms with Gasteiger partial charge in [0.1, 0.15) is 11.4 Å². The van der Waals surface area contributed by atoms with Crippen LogP contribution < -0.4 is 10.5 Å². The Morgan fingerprint density at radius 1 is 1.32 bits per heavy atom. The maximum absolute atomic E-state index is 12.1. The molecule has 0 aliphatic carbocycles. The Morgan fingerprint density at radius 3 is 2.55 bits per heavy atom. The molecule has 122 valence electrons. The van der Waals surface area contributed by atoms with Crippen LogP contribution in [0.2, 0.25) is 0 Å². The van der Waals surface area contributed by atoms with Crippen molar-refractivity contribution in [2.24, 2.45) is 0 Å². The summed E-state index contributed by atoms with van der Waals surface area (Å²) in [5.41, 5.74) is 0.344. The SMILES string of the molecule is Cc1cc(N2CCN(C(=O)OC(C)(C)C)CC2C)[nH]c(=O)c1. The van der Waals surface area contributed by atoms with Gasteiger partial charge in [-0.3, -0.25) is 4.79 Å². The van der Waals surface area contributed by atoms with E-state index in [1.165, 1.54) is 0 Å². The topological polar surface area (TPSA) is 65.6 Å². The molecule has 0 aromatic carbocycles. The highest BCUT2D eigenvalue weighted by Crippen LogP contribution is 2.19. The number of anilines is 1. The number of pyridine rings is 1. The summed E-state index contributed by atoms with van der Waals surface area (Å²) >= 11 is 0. The van der Waals surface area contributed by atoms with Crippen LogP contribution in [-0.4, -0.2) is 47.3 Å². The van der Waals surface area contributed by atoms with Crippen molar-refractivity contribution in [3.05, 3.63) is 28.0 Å². The van der Waals surface area contributed by atoms with Gasteiger partial charge < -0.3 is 19.5 Å². The third kappa shape index (κ3) is 4.02. The fraction of sp³-hybridized carbons (Fsp3) is 0.625. The standard InChI is InChI=1S/C16H25N3O3/c1-11-8-13(17-14(20)9-11)19-7-6-18(10-12(19)2)15(21)22-16(3,4)5/h8-9,12H,6-7,10H2,1-5H3,(H,17,20). The van der Waals surface area contributed by atoms with Crippen LogP contribution in [0.5, 0.6) is 0 Å². The number of aromatic amines is 1. The van der Waals surface area contributed by atoms with Gasteiger partial charge in [-0.25, -0.2) is 4.79 Å². The van der Waals surface area contributed by atoms with E-state index >= 15 is 0 Å². The second kappa shape index (κ2) is 6.02. The fourth-order valence-electron chi connectivity index (χ4n) is 2.63. The smallest absolute Gasteiger partial charge is 0.410 e. The van der Waals surface area contributed by atoms with E-state index in [9.17, 15) is 9.59 Å². The Labute approximate surface area is 131 Å². The van der Waals surface area contributed by atoms with Gasteiger partial charge in [-0.05, 0) is 46.2 Å². The van der Waals surface area contributed by atoms with E-state index in [-0.39, 0.29) is 17.7 Å². The van der Waals surface area contributed by atoms with E-state index in [0.717, 1.165) is 11.4 Å². The number of aryl methyl sites for hydroxylation is 1. The van der Waals surface area contributed by atoms with Crippen molar-refractivity contribution in [2.45, 2.75) is 46.3 Å². The van der Waals surface area contributed by atoms with Gasteiger partial charge in [-0.2, -0.15) is 0 Å². The van der Waals surface area contributed by atoms with Crippen molar-refractivity contribution in [1.82, 2.24) is 9.88 Å². The quantitative estimate of drug-likeness (QED) is 0.863. The normalized spacial score (nSPS) is 19.2. The van der Waals surface area contributed by atoms with Crippen molar-refractivity contribution in [2.75, 3.05) is 24.5 Å². The Bertz CT molecular complexity index is 603. The number of hydrogen-bond acceptors (Lipinski definition) is 4. The van der Waals surface area contributed by atoms with Gasteiger partial charge in [0.2, 0.25) is 5.56 Å². The molecular weight excluding hydrogens is 282 g/mol. The van der Waals surface area contributed by atoms with Crippen LogP contribution in [0.4, 0.5) is 10.6 Å². The minimum Gasteiger partial charge on any atom is -0.444 e. The van der Waals surface area contributed by atoms with Crippen LogP contribution in [-0.2, 0) is 4.74 Å². The van der Waals surface area contributed by atoms with Gasteiger partial charge in [0, 0.05) is 31.7 Å². The molecule has 6 heteroatoms. The number of ether oxygens (including phenoxy) is 1. The van der Waals surface area contributed by atoms with Gasteiger partial charge in [0.25, 0.3) is 0 Å². The minimum atomic E-state index is -0.487. The van der Waals surface area contributed by atoms with Crippen molar-refractivity contribution in [3.63, 3.8) is 0 Å². The second-order valence-corrected chi connectivity index (χ2v) is 6.88. The van der Waals surface area contributed by atoms with Gasteiger partial charge in [0.15, 0.2) is 0 Å². The molecule has 0 saturated carbocycles. The number of H-pyrrole nitrogens is 1. The number of rotatable bonds is 1. The van der Waals surface area contributed by atoms with Crippen molar-refractivity contribution in [1.29, 1.82) is 0 Å². The minimum absolute atomic E-state index is 0.100. The number of carbonyl (C=O) groups excluding carboxylic acids is 1. The van der Waals surface area contributed by atoms with E-state index < -0.39 is 5.60 Å². The molecule has 2 heterocycles. The highest BCUT2D eigenvalue weighted by molar-refractivity contribution is 5.68. The predicted octanol–water partition coefficient (Wildman–Crippen LogP) is 2.13. The molecule has 1 atom stereocenters. The number of aromatic nitrogens is 1. The lowest BCUT2D eigenvalue weighted by molar-refractivity contribution is 0.0218. The monoisotopic (exact) mass is 307 g/mol. The summed E-state index contributed by atoms with van der Waals surface area (Å²) < 4.78 is 5.42. The number of piperazine rings is 1. The van der Waals surface area contributed by atoms with Crippen LogP contribution in [0.25, 0.3) is 0 Å². The number of carbonyl (C=O) groups is 1. The largest absolute Gasteiger partial charge is 0.444 e. The molecule has 0 radical (unpaired) electrons. The Morgan fingerprint density at radius 2 is 2.00 bits per heavy atom. The zero-order chi connectivity index (χ0) is 16.5. The summed E-state index contributed by atoms with van der Waals surface area (Å²) in [6.07, 6.45) is -0.281. The molecule has 1 amide bonds. The predicted molar refractivity (Wildman–Crippen MR) is 86.4 cm³/mol. The van der Waals surface area contributed by atoms with E-state index in [1.54, 1.807) is 11.0 Å². The van der Waals surface area contributed by atoms with Crippen molar-refractivity contribution < 1.29 is 9.53 Å². The number of amides is 1. The Balaban J connectivity index is 2.07. The molecule has 0 bridgehead atoms. The van der Waals surface area contributed by atoms with Crippen LogP contribution >= 0.6 is 0 Å². The summed E-state index contributed by atoms with van der Waals surface area (Å²) in [6.45, 7) is 11.4. The lowest BCUT2D eigenvalue weighted by atomic mass is 10.1. The van der Waals surface area contributed by atoms with Crippen LogP contribution in [0.1, 0.15) is 33.3 Å². The molecule has 1 aromatic rings. The average molecular weight is 307 g/mol. The van der Waals surface area contributed by atoms with Crippen LogP contribution in [0, 0.1) is 6.92 Å². The molecule has 1 aliphatic heterocycles.